The first-order valence-corrected chi connectivity index (χ1v) is 8.74. The maximum Gasteiger partial charge on any atom is 0.0632 e. The van der Waals surface area contributed by atoms with Gasteiger partial charge in [0.1, 0.15) is 0 Å². The summed E-state index contributed by atoms with van der Waals surface area (Å²) < 4.78 is 0. The zero-order chi connectivity index (χ0) is 16.2. The molecule has 2 nitrogen and oxygen atoms in total. The second kappa shape index (κ2) is 6.88. The second-order valence-electron chi connectivity index (χ2n) is 6.52. The Morgan fingerprint density at radius 3 is 2.29 bits per heavy atom. The van der Waals surface area contributed by atoms with Gasteiger partial charge in [-0.25, -0.2) is 0 Å². The topological polar surface area (TPSA) is 24.4 Å². The third kappa shape index (κ3) is 3.48. The molecule has 1 unspecified atom stereocenters. The summed E-state index contributed by atoms with van der Waals surface area (Å²) in [6.45, 7) is 0. The lowest BCUT2D eigenvalue weighted by molar-refractivity contribution is 0.515. The van der Waals surface area contributed by atoms with Gasteiger partial charge in [0.05, 0.1) is 5.69 Å². The van der Waals surface area contributed by atoms with Crippen LogP contribution >= 0.6 is 0 Å². The number of nitrogens with one attached hydrogen (secondary N) is 1. The molecule has 2 heteroatoms. The number of para-hydroxylation sites is 2. The maximum absolute atomic E-state index is 4.81. The van der Waals surface area contributed by atoms with Crippen molar-refractivity contribution in [1.82, 2.24) is 0 Å². The first kappa shape index (κ1) is 14.9. The Morgan fingerprint density at radius 2 is 1.50 bits per heavy atom. The Balaban J connectivity index is 1.57. The minimum atomic E-state index is 0.695. The average molecular weight is 314 g/mol. The van der Waals surface area contributed by atoms with Crippen LogP contribution in [0.1, 0.15) is 25.7 Å². The molecule has 1 atom stereocenters. The van der Waals surface area contributed by atoms with Gasteiger partial charge in [-0.1, -0.05) is 36.4 Å². The number of hydrogen-bond donors (Lipinski definition) is 1. The minimum absolute atomic E-state index is 0.695. The molecule has 0 spiro atoms. The fourth-order valence-electron chi connectivity index (χ4n) is 3.51. The second-order valence-corrected chi connectivity index (χ2v) is 6.52. The Morgan fingerprint density at radius 1 is 0.792 bits per heavy atom. The van der Waals surface area contributed by atoms with Crippen molar-refractivity contribution in [2.24, 2.45) is 10.9 Å². The molecule has 2 aliphatic carbocycles. The molecule has 24 heavy (non-hydrogen) atoms. The standard InChI is InChI=1S/C22H22N2/c1-3-7-19(8-4-1)23-21-13-11-17-12-14-22(16-18(17)15-21)24-20-9-5-2-6-10-20/h1-10,15-17,23H,11-14H2/b24-22+. The third-order valence-electron chi connectivity index (χ3n) is 4.76. The molecule has 0 fully saturated rings. The molecule has 0 saturated carbocycles. The van der Waals surface area contributed by atoms with E-state index >= 15 is 0 Å². The quantitative estimate of drug-likeness (QED) is 0.751. The molecule has 0 heterocycles. The number of fused-ring (bicyclic) bond motifs is 1. The molecule has 0 aliphatic heterocycles. The number of hydrogen-bond acceptors (Lipinski definition) is 2. The van der Waals surface area contributed by atoms with Crippen molar-refractivity contribution in [2.75, 3.05) is 5.32 Å². The van der Waals surface area contributed by atoms with Crippen molar-refractivity contribution in [1.29, 1.82) is 0 Å². The molecule has 0 saturated heterocycles. The van der Waals surface area contributed by atoms with Crippen LogP contribution < -0.4 is 5.32 Å². The molecule has 2 aliphatic rings. The molecule has 0 radical (unpaired) electrons. The minimum Gasteiger partial charge on any atom is -0.359 e. The Bertz CT molecular complexity index is 785. The normalized spacial score (nSPS) is 21.7. The number of benzene rings is 2. The van der Waals surface area contributed by atoms with Gasteiger partial charge < -0.3 is 5.32 Å². The Kier molecular flexibility index (Phi) is 4.28. The van der Waals surface area contributed by atoms with E-state index in [-0.39, 0.29) is 0 Å². The number of allylic oxidation sites excluding steroid dienone is 4. The lowest BCUT2D eigenvalue weighted by Crippen LogP contribution is -2.18. The van der Waals surface area contributed by atoms with Crippen LogP contribution in [0.15, 0.2) is 89.1 Å². The van der Waals surface area contributed by atoms with Crippen LogP contribution in [0.4, 0.5) is 11.4 Å². The van der Waals surface area contributed by atoms with Crippen LogP contribution in [0.25, 0.3) is 0 Å². The van der Waals surface area contributed by atoms with Crippen molar-refractivity contribution in [3.05, 3.63) is 84.1 Å². The highest BCUT2D eigenvalue weighted by Crippen LogP contribution is 2.35. The van der Waals surface area contributed by atoms with Crippen LogP contribution in [-0.4, -0.2) is 5.71 Å². The fourth-order valence-corrected chi connectivity index (χ4v) is 3.51. The molecule has 0 amide bonds. The SMILES string of the molecule is C1=C(Nc2ccccc2)CCC2CC/C(=N\c3ccccc3)C=C12. The summed E-state index contributed by atoms with van der Waals surface area (Å²) in [4.78, 5) is 4.81. The summed E-state index contributed by atoms with van der Waals surface area (Å²) >= 11 is 0. The van der Waals surface area contributed by atoms with Crippen LogP contribution in [0, 0.1) is 5.92 Å². The predicted octanol–water partition coefficient (Wildman–Crippen LogP) is 5.89. The van der Waals surface area contributed by atoms with Crippen LogP contribution in [0.2, 0.25) is 0 Å². The number of rotatable bonds is 3. The summed E-state index contributed by atoms with van der Waals surface area (Å²) in [5, 5.41) is 3.56. The van der Waals surface area contributed by atoms with Crippen molar-refractivity contribution in [3.63, 3.8) is 0 Å². The van der Waals surface area contributed by atoms with E-state index in [9.17, 15) is 0 Å². The fraction of sp³-hybridized carbons (Fsp3) is 0.227. The molecular formula is C22H22N2. The average Bonchev–Trinajstić information content (AvgIpc) is 2.63. The monoisotopic (exact) mass is 314 g/mol. The first-order chi connectivity index (χ1) is 11.9. The molecule has 2 aromatic carbocycles. The predicted molar refractivity (Wildman–Crippen MR) is 102 cm³/mol. The van der Waals surface area contributed by atoms with Gasteiger partial charge in [-0.3, -0.25) is 4.99 Å². The third-order valence-corrected chi connectivity index (χ3v) is 4.76. The van der Waals surface area contributed by atoms with E-state index in [4.69, 9.17) is 4.99 Å². The lowest BCUT2D eigenvalue weighted by atomic mass is 9.79. The molecule has 120 valence electrons. The number of aliphatic imine (C=N–C) groups is 1. The molecule has 2 aromatic rings. The van der Waals surface area contributed by atoms with Crippen molar-refractivity contribution in [3.8, 4) is 0 Å². The number of anilines is 1. The van der Waals surface area contributed by atoms with E-state index in [0.29, 0.717) is 5.92 Å². The smallest absolute Gasteiger partial charge is 0.0632 e. The lowest BCUT2D eigenvalue weighted by Gasteiger charge is -2.29. The van der Waals surface area contributed by atoms with Crippen LogP contribution in [0.3, 0.4) is 0 Å². The zero-order valence-corrected chi connectivity index (χ0v) is 13.8. The van der Waals surface area contributed by atoms with Gasteiger partial charge in [0.2, 0.25) is 0 Å². The van der Waals surface area contributed by atoms with E-state index in [0.717, 1.165) is 24.2 Å². The maximum atomic E-state index is 4.81. The van der Waals surface area contributed by atoms with Crippen molar-refractivity contribution in [2.45, 2.75) is 25.7 Å². The van der Waals surface area contributed by atoms with E-state index in [2.05, 4.69) is 53.9 Å². The van der Waals surface area contributed by atoms with Gasteiger partial charge in [-0.2, -0.15) is 0 Å². The summed E-state index contributed by atoms with van der Waals surface area (Å²) in [7, 11) is 0. The van der Waals surface area contributed by atoms with Gasteiger partial charge in [0, 0.05) is 17.1 Å². The largest absolute Gasteiger partial charge is 0.359 e. The zero-order valence-electron chi connectivity index (χ0n) is 13.8. The summed E-state index contributed by atoms with van der Waals surface area (Å²) in [6.07, 6.45) is 9.29. The van der Waals surface area contributed by atoms with Crippen LogP contribution in [0.5, 0.6) is 0 Å². The Labute approximate surface area is 143 Å². The van der Waals surface area contributed by atoms with Gasteiger partial charge in [-0.05, 0) is 73.6 Å². The van der Waals surface area contributed by atoms with E-state index in [1.54, 1.807) is 0 Å². The highest BCUT2D eigenvalue weighted by Gasteiger charge is 2.23. The summed E-state index contributed by atoms with van der Waals surface area (Å²) in [6, 6.07) is 20.7. The molecule has 1 N–H and O–H groups in total. The number of nitrogens with zero attached hydrogens (tertiary/aromatic N) is 1. The van der Waals surface area contributed by atoms with E-state index in [1.165, 1.54) is 29.8 Å². The van der Waals surface area contributed by atoms with E-state index in [1.807, 2.05) is 24.3 Å². The highest BCUT2D eigenvalue weighted by atomic mass is 14.9. The van der Waals surface area contributed by atoms with Crippen molar-refractivity contribution >= 4 is 17.1 Å². The van der Waals surface area contributed by atoms with E-state index < -0.39 is 0 Å². The molecule has 0 bridgehead atoms. The summed E-state index contributed by atoms with van der Waals surface area (Å²) in [5.41, 5.74) is 6.15. The Hall–Kier alpha value is -2.61. The van der Waals surface area contributed by atoms with Gasteiger partial charge in [0.15, 0.2) is 0 Å². The van der Waals surface area contributed by atoms with Gasteiger partial charge in [0.25, 0.3) is 0 Å². The van der Waals surface area contributed by atoms with Crippen molar-refractivity contribution < 1.29 is 0 Å². The molecule has 4 rings (SSSR count). The van der Waals surface area contributed by atoms with Crippen LogP contribution in [-0.2, 0) is 0 Å². The molecule has 0 aromatic heterocycles. The van der Waals surface area contributed by atoms with Gasteiger partial charge in [-0.15, -0.1) is 0 Å². The first-order valence-electron chi connectivity index (χ1n) is 8.74. The van der Waals surface area contributed by atoms with Gasteiger partial charge >= 0.3 is 0 Å². The molecular weight excluding hydrogens is 292 g/mol. The summed E-state index contributed by atoms with van der Waals surface area (Å²) in [5.74, 6) is 0.695. The highest BCUT2D eigenvalue weighted by molar-refractivity contribution is 5.98.